The molecule has 1 aliphatic carbocycles. The highest BCUT2D eigenvalue weighted by Crippen LogP contribution is 2.56. The number of alkyl halides is 2. The highest BCUT2D eigenvalue weighted by molar-refractivity contribution is 5.96. The van der Waals surface area contributed by atoms with E-state index >= 15 is 0 Å². The van der Waals surface area contributed by atoms with Gasteiger partial charge >= 0.3 is 0 Å². The second-order valence-electron chi connectivity index (χ2n) is 9.53. The molecule has 0 spiro atoms. The van der Waals surface area contributed by atoms with Gasteiger partial charge in [0.05, 0.1) is 41.3 Å². The van der Waals surface area contributed by atoms with Crippen molar-refractivity contribution in [3.05, 3.63) is 53.7 Å². The molecule has 3 aromatic heterocycles. The molecule has 7 nitrogen and oxygen atoms in total. The summed E-state index contributed by atoms with van der Waals surface area (Å²) in [6, 6.07) is 7.91. The van der Waals surface area contributed by atoms with Crippen molar-refractivity contribution in [2.45, 2.75) is 51.6 Å². The molecule has 2 aliphatic rings. The maximum Gasteiger partial charge on any atom is 0.259 e. The van der Waals surface area contributed by atoms with E-state index in [2.05, 4.69) is 11.2 Å². The number of aryl methyl sites for hydroxylation is 2. The average molecular weight is 477 g/mol. The van der Waals surface area contributed by atoms with E-state index in [1.165, 1.54) is 0 Å². The Labute approximate surface area is 201 Å². The van der Waals surface area contributed by atoms with Gasteiger partial charge in [-0.1, -0.05) is 19.1 Å². The SMILES string of the molecule is CCC(=O)N1CCn2c(C3CC3(F)F)nc(-c3cccc4nc(-c5cnn(C)c5)c(C)cc34)c2C1. The number of benzene rings is 1. The Kier molecular flexibility index (Phi) is 4.81. The van der Waals surface area contributed by atoms with Crippen LogP contribution in [0.5, 0.6) is 0 Å². The van der Waals surface area contributed by atoms with E-state index in [1.54, 1.807) is 15.8 Å². The van der Waals surface area contributed by atoms with Crippen LogP contribution in [-0.4, -0.2) is 47.6 Å². The predicted octanol–water partition coefficient (Wildman–Crippen LogP) is 4.68. The topological polar surface area (TPSA) is 68.8 Å². The Morgan fingerprint density at radius 3 is 2.69 bits per heavy atom. The second-order valence-corrected chi connectivity index (χ2v) is 9.53. The molecule has 1 amide bonds. The lowest BCUT2D eigenvalue weighted by molar-refractivity contribution is -0.132. The first-order valence-corrected chi connectivity index (χ1v) is 11.9. The van der Waals surface area contributed by atoms with Crippen molar-refractivity contribution in [2.75, 3.05) is 6.54 Å². The highest BCUT2D eigenvalue weighted by atomic mass is 19.3. The number of amides is 1. The summed E-state index contributed by atoms with van der Waals surface area (Å²) in [6.45, 7) is 5.19. The van der Waals surface area contributed by atoms with Crippen LogP contribution in [0.3, 0.4) is 0 Å². The summed E-state index contributed by atoms with van der Waals surface area (Å²) in [6.07, 6.45) is 3.95. The summed E-state index contributed by atoms with van der Waals surface area (Å²) in [5, 5.41) is 5.17. The number of fused-ring (bicyclic) bond motifs is 2. The summed E-state index contributed by atoms with van der Waals surface area (Å²) >= 11 is 0. The first-order valence-electron chi connectivity index (χ1n) is 11.9. The van der Waals surface area contributed by atoms with Crippen molar-refractivity contribution in [2.24, 2.45) is 7.05 Å². The number of pyridine rings is 1. The zero-order valence-corrected chi connectivity index (χ0v) is 19.9. The molecule has 1 atom stereocenters. The monoisotopic (exact) mass is 476 g/mol. The van der Waals surface area contributed by atoms with Crippen molar-refractivity contribution in [1.29, 1.82) is 0 Å². The van der Waals surface area contributed by atoms with Gasteiger partial charge in [-0.2, -0.15) is 5.10 Å². The van der Waals surface area contributed by atoms with E-state index in [0.717, 1.165) is 39.0 Å². The third-order valence-corrected chi connectivity index (χ3v) is 7.11. The predicted molar refractivity (Wildman–Crippen MR) is 128 cm³/mol. The Morgan fingerprint density at radius 1 is 1.20 bits per heavy atom. The molecule has 6 rings (SSSR count). The van der Waals surface area contributed by atoms with Gasteiger partial charge in [0.1, 0.15) is 5.82 Å². The molecule has 0 radical (unpaired) electrons. The third kappa shape index (κ3) is 3.52. The summed E-state index contributed by atoms with van der Waals surface area (Å²) in [4.78, 5) is 24.0. The first kappa shape index (κ1) is 21.9. The third-order valence-electron chi connectivity index (χ3n) is 7.11. The van der Waals surface area contributed by atoms with Gasteiger partial charge in [0.2, 0.25) is 5.91 Å². The minimum Gasteiger partial charge on any atom is -0.335 e. The first-order chi connectivity index (χ1) is 16.8. The summed E-state index contributed by atoms with van der Waals surface area (Å²) in [5.41, 5.74) is 5.90. The molecule has 9 heteroatoms. The van der Waals surface area contributed by atoms with Crippen LogP contribution in [0, 0.1) is 6.92 Å². The van der Waals surface area contributed by atoms with E-state index in [0.29, 0.717) is 37.6 Å². The van der Waals surface area contributed by atoms with Crippen LogP contribution in [-0.2, 0) is 24.9 Å². The quantitative estimate of drug-likeness (QED) is 0.429. The Morgan fingerprint density at radius 2 is 2.00 bits per heavy atom. The molecular weight excluding hydrogens is 450 g/mol. The molecule has 1 unspecified atom stereocenters. The molecule has 4 heterocycles. The number of carbonyl (C=O) groups is 1. The van der Waals surface area contributed by atoms with Crippen LogP contribution >= 0.6 is 0 Å². The number of halogens is 2. The molecule has 180 valence electrons. The molecule has 1 aliphatic heterocycles. The number of nitrogens with zero attached hydrogens (tertiary/aromatic N) is 6. The maximum atomic E-state index is 14.1. The fraction of sp³-hybridized carbons (Fsp3) is 0.385. The lowest BCUT2D eigenvalue weighted by atomic mass is 10.00. The van der Waals surface area contributed by atoms with Crippen LogP contribution in [0.25, 0.3) is 33.4 Å². The number of hydrogen-bond donors (Lipinski definition) is 0. The van der Waals surface area contributed by atoms with Gasteiger partial charge in [-0.05, 0) is 24.6 Å². The van der Waals surface area contributed by atoms with E-state index in [1.807, 2.05) is 49.9 Å². The molecule has 0 bridgehead atoms. The van der Waals surface area contributed by atoms with E-state index in [-0.39, 0.29) is 12.3 Å². The van der Waals surface area contributed by atoms with Crippen molar-refractivity contribution in [3.8, 4) is 22.5 Å². The van der Waals surface area contributed by atoms with Crippen LogP contribution in [0.1, 0.15) is 42.8 Å². The number of carbonyl (C=O) groups excluding carboxylic acids is 1. The van der Waals surface area contributed by atoms with Gasteiger partial charge in [0.15, 0.2) is 0 Å². The fourth-order valence-corrected chi connectivity index (χ4v) is 5.15. The standard InChI is InChI=1S/C26H26F2N6O/c1-4-22(35)33-8-9-34-21(14-33)24(31-25(34)19-11-26(19,27)28)17-6-5-7-20-18(17)10-15(2)23(30-20)16-12-29-32(3)13-16/h5-7,10,12-13,19H,4,8-9,11,14H2,1-3H3. The maximum absolute atomic E-state index is 14.1. The zero-order valence-electron chi connectivity index (χ0n) is 19.9. The summed E-state index contributed by atoms with van der Waals surface area (Å²) in [5.74, 6) is -3.10. The minimum absolute atomic E-state index is 0.0539. The van der Waals surface area contributed by atoms with Crippen LogP contribution in [0.15, 0.2) is 36.7 Å². The second kappa shape index (κ2) is 7.69. The fourth-order valence-electron chi connectivity index (χ4n) is 5.15. The zero-order chi connectivity index (χ0) is 24.5. The van der Waals surface area contributed by atoms with Crippen molar-refractivity contribution >= 4 is 16.8 Å². The molecule has 35 heavy (non-hydrogen) atoms. The van der Waals surface area contributed by atoms with E-state index in [9.17, 15) is 13.6 Å². The molecule has 1 aromatic carbocycles. The van der Waals surface area contributed by atoms with Crippen LogP contribution < -0.4 is 0 Å². The Balaban J connectivity index is 1.52. The van der Waals surface area contributed by atoms with Gasteiger partial charge in [-0.25, -0.2) is 18.7 Å². The Hall–Kier alpha value is -3.62. The highest BCUT2D eigenvalue weighted by Gasteiger charge is 2.60. The van der Waals surface area contributed by atoms with Crippen molar-refractivity contribution in [1.82, 2.24) is 29.2 Å². The molecule has 0 saturated heterocycles. The summed E-state index contributed by atoms with van der Waals surface area (Å²) in [7, 11) is 1.87. The number of imidazole rings is 1. The smallest absolute Gasteiger partial charge is 0.259 e. The molecule has 1 fully saturated rings. The van der Waals surface area contributed by atoms with Gasteiger partial charge in [0.25, 0.3) is 5.92 Å². The lowest BCUT2D eigenvalue weighted by Crippen LogP contribution is -2.38. The van der Waals surface area contributed by atoms with Gasteiger partial charge < -0.3 is 9.47 Å². The number of aromatic nitrogens is 5. The molecule has 4 aromatic rings. The molecule has 1 saturated carbocycles. The van der Waals surface area contributed by atoms with Crippen LogP contribution in [0.4, 0.5) is 8.78 Å². The lowest BCUT2D eigenvalue weighted by Gasteiger charge is -2.29. The van der Waals surface area contributed by atoms with Crippen LogP contribution in [0.2, 0.25) is 0 Å². The normalized spacial score (nSPS) is 18.7. The largest absolute Gasteiger partial charge is 0.335 e. The number of rotatable bonds is 4. The van der Waals surface area contributed by atoms with Crippen molar-refractivity contribution < 1.29 is 13.6 Å². The van der Waals surface area contributed by atoms with Gasteiger partial charge in [0, 0.05) is 55.7 Å². The van der Waals surface area contributed by atoms with Crippen molar-refractivity contribution in [3.63, 3.8) is 0 Å². The molecule has 0 N–H and O–H groups in total. The number of hydrogen-bond acceptors (Lipinski definition) is 4. The Bertz CT molecular complexity index is 1490. The van der Waals surface area contributed by atoms with Gasteiger partial charge in [-0.15, -0.1) is 0 Å². The van der Waals surface area contributed by atoms with Gasteiger partial charge in [-0.3, -0.25) is 9.48 Å². The molecular formula is C26H26F2N6O. The summed E-state index contributed by atoms with van der Waals surface area (Å²) < 4.78 is 31.9. The minimum atomic E-state index is -2.72. The average Bonchev–Trinajstić information content (AvgIpc) is 3.14. The van der Waals surface area contributed by atoms with E-state index < -0.39 is 11.8 Å². The van der Waals surface area contributed by atoms with E-state index in [4.69, 9.17) is 9.97 Å².